The third kappa shape index (κ3) is 6.94. The minimum absolute atomic E-state index is 0.0505. The van der Waals surface area contributed by atoms with Gasteiger partial charge in [0.1, 0.15) is 12.6 Å². The lowest BCUT2D eigenvalue weighted by atomic mass is 10.1. The summed E-state index contributed by atoms with van der Waals surface area (Å²) >= 11 is 6.35. The van der Waals surface area contributed by atoms with Crippen LogP contribution in [0.25, 0.3) is 0 Å². The van der Waals surface area contributed by atoms with Crippen LogP contribution in [0.15, 0.2) is 83.8 Å². The van der Waals surface area contributed by atoms with Crippen LogP contribution in [0.4, 0.5) is 5.69 Å². The first-order valence-electron chi connectivity index (χ1n) is 12.6. The molecular weight excluding hydrogens is 522 g/mol. The normalized spacial score (nSPS) is 12.0. The molecule has 3 rings (SSSR count). The van der Waals surface area contributed by atoms with Gasteiger partial charge in [0.2, 0.25) is 11.8 Å². The zero-order valence-corrected chi connectivity index (χ0v) is 23.5. The number of nitrogens with zero attached hydrogens (tertiary/aromatic N) is 2. The molecule has 7 nitrogen and oxygen atoms in total. The molecule has 0 saturated heterocycles. The summed E-state index contributed by atoms with van der Waals surface area (Å²) in [7, 11) is -4.14. The number of rotatable bonds is 12. The number of sulfonamides is 1. The predicted octanol–water partition coefficient (Wildman–Crippen LogP) is 5.18. The third-order valence-corrected chi connectivity index (χ3v) is 8.43. The first-order valence-corrected chi connectivity index (χ1v) is 14.5. The first kappa shape index (κ1) is 29.2. The molecule has 3 aromatic rings. The smallest absolute Gasteiger partial charge is 0.264 e. The molecule has 1 N–H and O–H groups in total. The number of anilines is 1. The number of nitrogens with one attached hydrogen (secondary N) is 1. The molecular formula is C29H34ClN3O4S. The van der Waals surface area contributed by atoms with Crippen molar-refractivity contribution in [1.29, 1.82) is 0 Å². The summed E-state index contributed by atoms with van der Waals surface area (Å²) < 4.78 is 28.8. The molecule has 38 heavy (non-hydrogen) atoms. The van der Waals surface area contributed by atoms with Crippen LogP contribution >= 0.6 is 11.6 Å². The van der Waals surface area contributed by atoms with Gasteiger partial charge in [-0.05, 0) is 55.2 Å². The molecule has 0 saturated carbocycles. The van der Waals surface area contributed by atoms with Crippen LogP contribution in [0, 0.1) is 6.92 Å². The van der Waals surface area contributed by atoms with Crippen molar-refractivity contribution in [1.82, 2.24) is 10.2 Å². The third-order valence-electron chi connectivity index (χ3n) is 6.25. The molecule has 0 aliphatic carbocycles. The van der Waals surface area contributed by atoms with Crippen molar-refractivity contribution in [2.24, 2.45) is 0 Å². The summed E-state index contributed by atoms with van der Waals surface area (Å²) in [6.45, 7) is 5.65. The van der Waals surface area contributed by atoms with Crippen molar-refractivity contribution < 1.29 is 18.0 Å². The van der Waals surface area contributed by atoms with Crippen LogP contribution in [0.3, 0.4) is 0 Å². The predicted molar refractivity (Wildman–Crippen MR) is 152 cm³/mol. The topological polar surface area (TPSA) is 86.8 Å². The molecule has 202 valence electrons. The van der Waals surface area contributed by atoms with Crippen molar-refractivity contribution in [3.8, 4) is 0 Å². The van der Waals surface area contributed by atoms with Gasteiger partial charge in [0.25, 0.3) is 10.0 Å². The standard InChI is InChI=1S/C29H34ClN3O4S/c1-4-19-31-29(35)26(5-2)32(20-23-13-8-6-9-14-23)28(34)21-33(27-18-12-17-25(30)22(27)3)38(36,37)24-15-10-7-11-16-24/h6-18,26H,4-5,19-21H2,1-3H3,(H,31,35). The lowest BCUT2D eigenvalue weighted by Gasteiger charge is -2.33. The first-order chi connectivity index (χ1) is 18.2. The molecule has 0 radical (unpaired) electrons. The van der Waals surface area contributed by atoms with Gasteiger partial charge in [0.05, 0.1) is 10.6 Å². The van der Waals surface area contributed by atoms with E-state index >= 15 is 0 Å². The lowest BCUT2D eigenvalue weighted by Crippen LogP contribution is -2.52. The molecule has 1 atom stereocenters. The molecule has 9 heteroatoms. The van der Waals surface area contributed by atoms with E-state index in [0.29, 0.717) is 29.2 Å². The average Bonchev–Trinajstić information content (AvgIpc) is 2.93. The fourth-order valence-corrected chi connectivity index (χ4v) is 5.83. The summed E-state index contributed by atoms with van der Waals surface area (Å²) in [5, 5.41) is 3.26. The molecule has 0 spiro atoms. The summed E-state index contributed by atoms with van der Waals surface area (Å²) in [6.07, 6.45) is 1.13. The fraction of sp³-hybridized carbons (Fsp3) is 0.310. The molecule has 0 fully saturated rings. The minimum atomic E-state index is -4.14. The summed E-state index contributed by atoms with van der Waals surface area (Å²) in [6, 6.07) is 21.5. The van der Waals surface area contributed by atoms with Crippen molar-refractivity contribution >= 4 is 39.1 Å². The number of carbonyl (C=O) groups is 2. The summed E-state index contributed by atoms with van der Waals surface area (Å²) in [5.41, 5.74) is 1.67. The van der Waals surface area contributed by atoms with Crippen molar-refractivity contribution in [3.05, 3.63) is 95.0 Å². The largest absolute Gasteiger partial charge is 0.354 e. The van der Waals surface area contributed by atoms with E-state index in [1.54, 1.807) is 43.3 Å². The van der Waals surface area contributed by atoms with Crippen molar-refractivity contribution in [2.75, 3.05) is 17.4 Å². The zero-order valence-electron chi connectivity index (χ0n) is 21.9. The Labute approximate surface area is 230 Å². The number of hydrogen-bond donors (Lipinski definition) is 1. The van der Waals surface area contributed by atoms with E-state index in [1.807, 2.05) is 44.2 Å². The van der Waals surface area contributed by atoms with E-state index in [2.05, 4.69) is 5.32 Å². The maximum Gasteiger partial charge on any atom is 0.264 e. The molecule has 0 heterocycles. The molecule has 0 aliphatic rings. The van der Waals surface area contributed by atoms with E-state index in [0.717, 1.165) is 16.3 Å². The van der Waals surface area contributed by atoms with Gasteiger partial charge in [-0.15, -0.1) is 0 Å². The fourth-order valence-electron chi connectivity index (χ4n) is 4.16. The highest BCUT2D eigenvalue weighted by atomic mass is 35.5. The second kappa shape index (κ2) is 13.4. The maximum absolute atomic E-state index is 14.0. The van der Waals surface area contributed by atoms with Gasteiger partial charge in [-0.2, -0.15) is 0 Å². The SMILES string of the molecule is CCCNC(=O)C(CC)N(Cc1ccccc1)C(=O)CN(c1cccc(Cl)c1C)S(=O)(=O)c1ccccc1. The molecule has 0 aliphatic heterocycles. The van der Waals surface area contributed by atoms with E-state index in [-0.39, 0.29) is 17.3 Å². The molecule has 2 amide bonds. The highest BCUT2D eigenvalue weighted by Crippen LogP contribution is 2.31. The van der Waals surface area contributed by atoms with Gasteiger partial charge in [-0.25, -0.2) is 8.42 Å². The molecule has 1 unspecified atom stereocenters. The highest BCUT2D eigenvalue weighted by molar-refractivity contribution is 7.92. The molecule has 3 aromatic carbocycles. The Bertz CT molecular complexity index is 1330. The molecule has 0 bridgehead atoms. The van der Waals surface area contributed by atoms with Gasteiger partial charge in [-0.3, -0.25) is 13.9 Å². The van der Waals surface area contributed by atoms with Crippen molar-refractivity contribution in [3.63, 3.8) is 0 Å². The van der Waals surface area contributed by atoms with Gasteiger partial charge in [0, 0.05) is 18.1 Å². The number of halogens is 1. The lowest BCUT2D eigenvalue weighted by molar-refractivity contribution is -0.140. The Hall–Kier alpha value is -3.36. The van der Waals surface area contributed by atoms with Crippen molar-refractivity contribution in [2.45, 2.75) is 51.1 Å². The monoisotopic (exact) mass is 555 g/mol. The molecule has 0 aromatic heterocycles. The Balaban J connectivity index is 2.07. The number of hydrogen-bond acceptors (Lipinski definition) is 4. The van der Waals surface area contributed by atoms with Gasteiger partial charge < -0.3 is 10.2 Å². The van der Waals surface area contributed by atoms with Crippen LogP contribution in [0.2, 0.25) is 5.02 Å². The summed E-state index contributed by atoms with van der Waals surface area (Å²) in [5.74, 6) is -0.763. The minimum Gasteiger partial charge on any atom is -0.354 e. The van der Waals surface area contributed by atoms with Crippen LogP contribution in [0.1, 0.15) is 37.8 Å². The Kier molecular flexibility index (Phi) is 10.3. The van der Waals surface area contributed by atoms with Crippen LogP contribution in [-0.2, 0) is 26.2 Å². The number of benzene rings is 3. The Morgan fingerprint density at radius 2 is 1.55 bits per heavy atom. The summed E-state index contributed by atoms with van der Waals surface area (Å²) in [4.78, 5) is 28.6. The van der Waals surface area contributed by atoms with Gasteiger partial charge in [0.15, 0.2) is 0 Å². The second-order valence-electron chi connectivity index (χ2n) is 8.93. The van der Waals surface area contributed by atoms with E-state index in [9.17, 15) is 18.0 Å². The average molecular weight is 556 g/mol. The van der Waals surface area contributed by atoms with Crippen LogP contribution in [-0.4, -0.2) is 44.3 Å². The quantitative estimate of drug-likeness (QED) is 0.334. The number of carbonyl (C=O) groups excluding carboxylic acids is 2. The van der Waals surface area contributed by atoms with Gasteiger partial charge >= 0.3 is 0 Å². The van der Waals surface area contributed by atoms with Crippen LogP contribution < -0.4 is 9.62 Å². The second-order valence-corrected chi connectivity index (χ2v) is 11.2. The maximum atomic E-state index is 14.0. The zero-order chi connectivity index (χ0) is 27.7. The van der Waals surface area contributed by atoms with Gasteiger partial charge in [-0.1, -0.05) is 80.0 Å². The highest BCUT2D eigenvalue weighted by Gasteiger charge is 2.34. The van der Waals surface area contributed by atoms with Crippen LogP contribution in [0.5, 0.6) is 0 Å². The Morgan fingerprint density at radius 1 is 0.921 bits per heavy atom. The van der Waals surface area contributed by atoms with E-state index in [1.165, 1.54) is 17.0 Å². The van der Waals surface area contributed by atoms with E-state index in [4.69, 9.17) is 11.6 Å². The Morgan fingerprint density at radius 3 is 2.16 bits per heavy atom. The van der Waals surface area contributed by atoms with E-state index < -0.39 is 28.5 Å². The number of amides is 2.